The van der Waals surface area contributed by atoms with Gasteiger partial charge in [0.2, 0.25) is 11.2 Å². The van der Waals surface area contributed by atoms with Gasteiger partial charge in [-0.2, -0.15) is 4.55 Å². The molecule has 7 nitrogen and oxygen atoms in total. The van der Waals surface area contributed by atoms with Crippen LogP contribution in [0.4, 0.5) is 4.79 Å². The molecule has 30 heavy (non-hydrogen) atoms. The maximum absolute atomic E-state index is 11.4. The van der Waals surface area contributed by atoms with Crippen molar-refractivity contribution in [2.24, 2.45) is 5.73 Å². The zero-order valence-corrected chi connectivity index (χ0v) is 18.6. The lowest BCUT2D eigenvalue weighted by molar-refractivity contribution is 0.145. The van der Waals surface area contributed by atoms with E-state index >= 15 is 0 Å². The highest BCUT2D eigenvalue weighted by Gasteiger charge is 2.36. The maximum atomic E-state index is 11.4. The lowest BCUT2D eigenvalue weighted by Gasteiger charge is -2.11. The van der Waals surface area contributed by atoms with Gasteiger partial charge in [-0.3, -0.25) is 9.55 Å². The molecule has 3 aromatic rings. The van der Waals surface area contributed by atoms with Crippen LogP contribution in [0.5, 0.6) is 0 Å². The van der Waals surface area contributed by atoms with E-state index in [0.29, 0.717) is 27.3 Å². The first kappa shape index (κ1) is 22.1. The van der Waals surface area contributed by atoms with Crippen LogP contribution in [0.25, 0.3) is 0 Å². The molecular formula is C21H24ClN4O3S+. The number of halogens is 1. The number of hydrogen-bond donors (Lipinski definition) is 2. The van der Waals surface area contributed by atoms with Gasteiger partial charge in [0, 0.05) is 35.5 Å². The minimum absolute atomic E-state index is 0.0356. The third kappa shape index (κ3) is 5.13. The van der Waals surface area contributed by atoms with E-state index in [1.165, 1.54) is 0 Å². The molecule has 158 valence electrons. The number of carbonyl (C=O) groups excluding carboxylic acids is 1. The van der Waals surface area contributed by atoms with Crippen LogP contribution in [-0.2, 0) is 29.1 Å². The quantitative estimate of drug-likeness (QED) is 0.518. The van der Waals surface area contributed by atoms with Crippen molar-refractivity contribution in [1.82, 2.24) is 14.5 Å². The molecule has 9 heteroatoms. The summed E-state index contributed by atoms with van der Waals surface area (Å²) in [4.78, 5) is 20.6. The van der Waals surface area contributed by atoms with Gasteiger partial charge in [-0.25, -0.2) is 9.78 Å². The van der Waals surface area contributed by atoms with E-state index in [1.807, 2.05) is 49.6 Å². The molecule has 2 heterocycles. The van der Waals surface area contributed by atoms with Crippen LogP contribution >= 0.6 is 11.6 Å². The van der Waals surface area contributed by atoms with E-state index in [9.17, 15) is 9.35 Å². The molecule has 0 aliphatic carbocycles. The standard InChI is InChI=1S/C21H23ClN4O3S/c1-13(2)19-20(30(28)17-9-14(3)8-16(22)10-17)26(11-15-4-6-24-7-5-15)18(25-19)12-29-21(23)27/h4-10,13,28H,11-12H2,1-3H3,(H-,23,27)/p+1. The van der Waals surface area contributed by atoms with E-state index in [0.717, 1.165) is 16.8 Å². The van der Waals surface area contributed by atoms with Crippen LogP contribution in [0, 0.1) is 6.92 Å². The topological polar surface area (TPSA) is 103 Å². The molecule has 0 saturated carbocycles. The van der Waals surface area contributed by atoms with Crippen molar-refractivity contribution >= 4 is 28.9 Å². The molecule has 1 amide bonds. The summed E-state index contributed by atoms with van der Waals surface area (Å²) < 4.78 is 18.3. The fourth-order valence-electron chi connectivity index (χ4n) is 3.09. The fraction of sp³-hybridized carbons (Fsp3) is 0.286. The Morgan fingerprint density at radius 2 is 2.00 bits per heavy atom. The van der Waals surface area contributed by atoms with Gasteiger partial charge in [0.05, 0.1) is 6.54 Å². The van der Waals surface area contributed by atoms with Gasteiger partial charge in [0.15, 0.2) is 17.3 Å². The number of aryl methyl sites for hydroxylation is 1. The third-order valence-corrected chi connectivity index (χ3v) is 6.12. The summed E-state index contributed by atoms with van der Waals surface area (Å²) in [5.41, 5.74) is 7.82. The SMILES string of the molecule is Cc1cc(Cl)cc([S+](O)c2c(C(C)C)nc(COC(N)=O)n2Cc2ccncc2)c1. The molecule has 3 rings (SSSR count). The molecule has 0 aliphatic rings. The van der Waals surface area contributed by atoms with Gasteiger partial charge in [0.25, 0.3) is 5.03 Å². The number of pyridine rings is 1. The first-order chi connectivity index (χ1) is 14.3. The van der Waals surface area contributed by atoms with Crippen LogP contribution in [-0.4, -0.2) is 25.2 Å². The molecule has 3 N–H and O–H groups in total. The van der Waals surface area contributed by atoms with Crippen LogP contribution < -0.4 is 5.73 Å². The Hall–Kier alpha value is -2.55. The first-order valence-electron chi connectivity index (χ1n) is 9.37. The molecule has 0 fully saturated rings. The molecule has 0 bridgehead atoms. The fourth-order valence-corrected chi connectivity index (χ4v) is 5.06. The van der Waals surface area contributed by atoms with E-state index in [1.54, 1.807) is 18.5 Å². The summed E-state index contributed by atoms with van der Waals surface area (Å²) in [5, 5.41) is 1.21. The monoisotopic (exact) mass is 447 g/mol. The molecule has 0 aliphatic heterocycles. The second-order valence-electron chi connectivity index (χ2n) is 7.17. The number of imidazole rings is 1. The van der Waals surface area contributed by atoms with Crippen molar-refractivity contribution < 1.29 is 14.1 Å². The average molecular weight is 448 g/mol. The molecule has 0 radical (unpaired) electrons. The highest BCUT2D eigenvalue weighted by molar-refractivity contribution is 7.91. The predicted molar refractivity (Wildman–Crippen MR) is 117 cm³/mol. The smallest absolute Gasteiger partial charge is 0.404 e. The highest BCUT2D eigenvalue weighted by Crippen LogP contribution is 2.32. The summed E-state index contributed by atoms with van der Waals surface area (Å²) in [6.45, 7) is 6.27. The Kier molecular flexibility index (Phi) is 7.02. The number of aromatic nitrogens is 3. The molecule has 1 unspecified atom stereocenters. The van der Waals surface area contributed by atoms with Gasteiger partial charge >= 0.3 is 6.09 Å². The first-order valence-corrected chi connectivity index (χ1v) is 10.9. The minimum Gasteiger partial charge on any atom is -0.442 e. The Labute approximate surface area is 183 Å². The highest BCUT2D eigenvalue weighted by atomic mass is 35.5. The molecular weight excluding hydrogens is 424 g/mol. The van der Waals surface area contributed by atoms with Crippen molar-refractivity contribution in [2.75, 3.05) is 0 Å². The van der Waals surface area contributed by atoms with Crippen molar-refractivity contribution in [3.8, 4) is 0 Å². The van der Waals surface area contributed by atoms with Crippen molar-refractivity contribution in [1.29, 1.82) is 0 Å². The minimum atomic E-state index is -1.30. The van der Waals surface area contributed by atoms with E-state index in [-0.39, 0.29) is 12.5 Å². The maximum Gasteiger partial charge on any atom is 0.404 e. The number of amides is 1. The van der Waals surface area contributed by atoms with Crippen molar-refractivity contribution in [3.05, 3.63) is 70.4 Å². The van der Waals surface area contributed by atoms with Gasteiger partial charge < -0.3 is 10.5 Å². The van der Waals surface area contributed by atoms with Crippen LogP contribution in [0.2, 0.25) is 5.02 Å². The predicted octanol–water partition coefficient (Wildman–Crippen LogP) is 4.52. The number of nitrogens with two attached hydrogens (primary N) is 1. The molecule has 1 atom stereocenters. The number of nitrogens with zero attached hydrogens (tertiary/aromatic N) is 3. The zero-order valence-electron chi connectivity index (χ0n) is 17.0. The molecule has 2 aromatic heterocycles. The van der Waals surface area contributed by atoms with E-state index in [2.05, 4.69) is 4.98 Å². The van der Waals surface area contributed by atoms with Gasteiger partial charge in [-0.05, 0) is 36.2 Å². The van der Waals surface area contributed by atoms with Crippen molar-refractivity contribution in [2.45, 2.75) is 49.8 Å². The number of carbonyl (C=O) groups is 1. The largest absolute Gasteiger partial charge is 0.442 e. The summed E-state index contributed by atoms with van der Waals surface area (Å²) in [6.07, 6.45) is 2.52. The van der Waals surface area contributed by atoms with Crippen LogP contribution in [0.15, 0.2) is 52.6 Å². The summed E-state index contributed by atoms with van der Waals surface area (Å²) in [7, 11) is 0. The number of benzene rings is 1. The number of rotatable bonds is 7. The summed E-state index contributed by atoms with van der Waals surface area (Å²) >= 11 is 4.94. The average Bonchev–Trinajstić information content (AvgIpc) is 3.04. The Balaban J connectivity index is 2.15. The third-order valence-electron chi connectivity index (χ3n) is 4.43. The van der Waals surface area contributed by atoms with Gasteiger partial charge in [0.1, 0.15) is 5.69 Å². The molecule has 0 spiro atoms. The van der Waals surface area contributed by atoms with Crippen LogP contribution in [0.3, 0.4) is 0 Å². The molecule has 0 saturated heterocycles. The van der Waals surface area contributed by atoms with Gasteiger partial charge in [-0.1, -0.05) is 25.4 Å². The van der Waals surface area contributed by atoms with E-state index < -0.39 is 17.3 Å². The second-order valence-corrected chi connectivity index (χ2v) is 9.04. The Morgan fingerprint density at radius 3 is 2.60 bits per heavy atom. The van der Waals surface area contributed by atoms with E-state index in [4.69, 9.17) is 27.1 Å². The summed E-state index contributed by atoms with van der Waals surface area (Å²) in [6, 6.07) is 9.27. The second kappa shape index (κ2) is 9.51. The summed E-state index contributed by atoms with van der Waals surface area (Å²) in [5.74, 6) is 0.545. The number of primary amides is 1. The normalized spacial score (nSPS) is 12.2. The lowest BCUT2D eigenvalue weighted by Crippen LogP contribution is -2.18. The zero-order chi connectivity index (χ0) is 21.8. The lowest BCUT2D eigenvalue weighted by atomic mass is 10.1. The number of ether oxygens (including phenoxy) is 1. The Bertz CT molecular complexity index is 1020. The van der Waals surface area contributed by atoms with Crippen LogP contribution in [0.1, 0.15) is 42.4 Å². The Morgan fingerprint density at radius 1 is 1.30 bits per heavy atom. The number of hydrogen-bond acceptors (Lipinski definition) is 5. The van der Waals surface area contributed by atoms with Gasteiger partial charge in [-0.15, -0.1) is 0 Å². The molecule has 1 aromatic carbocycles. The van der Waals surface area contributed by atoms with Crippen molar-refractivity contribution in [3.63, 3.8) is 0 Å².